The highest BCUT2D eigenvalue weighted by Gasteiger charge is 2.07. The van der Waals surface area contributed by atoms with Gasteiger partial charge in [-0.25, -0.2) is 0 Å². The molecule has 0 aliphatic rings. The summed E-state index contributed by atoms with van der Waals surface area (Å²) in [5.74, 6) is 0.924. The summed E-state index contributed by atoms with van der Waals surface area (Å²) >= 11 is 0. The smallest absolute Gasteiger partial charge is 0.259 e. The zero-order valence-corrected chi connectivity index (χ0v) is 14.6. The molecule has 0 aromatic heterocycles. The van der Waals surface area contributed by atoms with Crippen molar-refractivity contribution in [2.45, 2.75) is 0 Å². The molecule has 0 spiro atoms. The third-order valence-electron chi connectivity index (χ3n) is 3.50. The Morgan fingerprint density at radius 2 is 1.76 bits per heavy atom. The Kier molecular flexibility index (Phi) is 6.34. The lowest BCUT2D eigenvalue weighted by Gasteiger charge is -2.11. The predicted molar refractivity (Wildman–Crippen MR) is 97.0 cm³/mol. The van der Waals surface area contributed by atoms with E-state index in [-0.39, 0.29) is 18.3 Å². The summed E-state index contributed by atoms with van der Waals surface area (Å²) in [5, 5.41) is 0. The van der Waals surface area contributed by atoms with E-state index in [0.29, 0.717) is 11.3 Å². The molecule has 0 fully saturated rings. The monoisotopic (exact) mass is 339 g/mol. The molecule has 130 valence electrons. The van der Waals surface area contributed by atoms with Gasteiger partial charge in [0.1, 0.15) is 11.5 Å². The van der Waals surface area contributed by atoms with Gasteiger partial charge in [-0.3, -0.25) is 9.59 Å². The van der Waals surface area contributed by atoms with Crippen LogP contribution in [0, 0.1) is 0 Å². The third kappa shape index (κ3) is 5.49. The van der Waals surface area contributed by atoms with Gasteiger partial charge >= 0.3 is 0 Å². The third-order valence-corrected chi connectivity index (χ3v) is 3.50. The van der Waals surface area contributed by atoms with Crippen molar-refractivity contribution in [3.8, 4) is 11.5 Å². The number of methoxy groups -OCH3 is 1. The van der Waals surface area contributed by atoms with Crippen molar-refractivity contribution in [2.24, 2.45) is 0 Å². The molecule has 5 heteroatoms. The average molecular weight is 339 g/mol. The van der Waals surface area contributed by atoms with E-state index in [4.69, 9.17) is 9.47 Å². The SMILES string of the molecule is COc1cccc(/C=C/C(=O)c2cccc(OCC(=O)N(C)C)c2)c1. The van der Waals surface area contributed by atoms with Crippen molar-refractivity contribution in [2.75, 3.05) is 27.8 Å². The van der Waals surface area contributed by atoms with Gasteiger partial charge in [-0.05, 0) is 35.9 Å². The molecule has 0 bridgehead atoms. The van der Waals surface area contributed by atoms with Gasteiger partial charge < -0.3 is 14.4 Å². The van der Waals surface area contributed by atoms with Gasteiger partial charge in [0.25, 0.3) is 5.91 Å². The lowest BCUT2D eigenvalue weighted by Crippen LogP contribution is -2.27. The first-order chi connectivity index (χ1) is 12.0. The highest BCUT2D eigenvalue weighted by atomic mass is 16.5. The highest BCUT2D eigenvalue weighted by Crippen LogP contribution is 2.16. The zero-order valence-electron chi connectivity index (χ0n) is 14.6. The molecule has 0 aliphatic carbocycles. The summed E-state index contributed by atoms with van der Waals surface area (Å²) in [6.07, 6.45) is 3.23. The molecule has 0 N–H and O–H groups in total. The van der Waals surface area contributed by atoms with Crippen LogP contribution < -0.4 is 9.47 Å². The molecule has 0 radical (unpaired) electrons. The molecule has 0 aliphatic heterocycles. The van der Waals surface area contributed by atoms with Crippen LogP contribution in [-0.4, -0.2) is 44.4 Å². The summed E-state index contributed by atoms with van der Waals surface area (Å²) in [5.41, 5.74) is 1.37. The standard InChI is InChI=1S/C20H21NO4/c1-21(2)20(23)14-25-18-9-5-7-16(13-18)19(22)11-10-15-6-4-8-17(12-15)24-3/h4-13H,14H2,1-3H3/b11-10+. The Balaban J connectivity index is 2.05. The molecular formula is C20H21NO4. The first-order valence-corrected chi connectivity index (χ1v) is 7.79. The van der Waals surface area contributed by atoms with E-state index in [1.807, 2.05) is 24.3 Å². The minimum atomic E-state index is -0.146. The quantitative estimate of drug-likeness (QED) is 0.575. The van der Waals surface area contributed by atoms with E-state index < -0.39 is 0 Å². The number of ether oxygens (including phenoxy) is 2. The summed E-state index contributed by atoms with van der Waals surface area (Å²) in [7, 11) is 4.92. The molecule has 2 aromatic carbocycles. The molecular weight excluding hydrogens is 318 g/mol. The van der Waals surface area contributed by atoms with Crippen LogP contribution in [0.2, 0.25) is 0 Å². The first kappa shape index (κ1) is 18.3. The predicted octanol–water partition coefficient (Wildman–Crippen LogP) is 3.06. The minimum Gasteiger partial charge on any atom is -0.497 e. The summed E-state index contributed by atoms with van der Waals surface area (Å²) in [6.45, 7) is -0.0652. The highest BCUT2D eigenvalue weighted by molar-refractivity contribution is 6.07. The number of benzene rings is 2. The summed E-state index contributed by atoms with van der Waals surface area (Å²) < 4.78 is 10.6. The molecule has 1 amide bonds. The van der Waals surface area contributed by atoms with E-state index in [1.54, 1.807) is 51.5 Å². The van der Waals surface area contributed by atoms with Gasteiger partial charge in [0, 0.05) is 19.7 Å². The molecule has 0 heterocycles. The molecule has 0 atom stereocenters. The topological polar surface area (TPSA) is 55.8 Å². The Morgan fingerprint density at radius 1 is 1.04 bits per heavy atom. The van der Waals surface area contributed by atoms with Crippen LogP contribution >= 0.6 is 0 Å². The molecule has 5 nitrogen and oxygen atoms in total. The van der Waals surface area contributed by atoms with Gasteiger partial charge in [-0.2, -0.15) is 0 Å². The minimum absolute atomic E-state index is 0.0652. The van der Waals surface area contributed by atoms with Crippen molar-refractivity contribution in [3.05, 3.63) is 65.7 Å². The molecule has 25 heavy (non-hydrogen) atoms. The van der Waals surface area contributed by atoms with Crippen LogP contribution in [0.4, 0.5) is 0 Å². The average Bonchev–Trinajstić information content (AvgIpc) is 2.64. The number of carbonyl (C=O) groups is 2. The Hall–Kier alpha value is -3.08. The van der Waals surface area contributed by atoms with Crippen molar-refractivity contribution < 1.29 is 19.1 Å². The fourth-order valence-electron chi connectivity index (χ4n) is 2.03. The second-order valence-electron chi connectivity index (χ2n) is 5.58. The second kappa shape index (κ2) is 8.68. The van der Waals surface area contributed by atoms with Gasteiger partial charge in [0.05, 0.1) is 7.11 Å². The number of rotatable bonds is 7. The van der Waals surface area contributed by atoms with E-state index in [1.165, 1.54) is 11.0 Å². The number of ketones is 1. The summed E-state index contributed by atoms with van der Waals surface area (Å²) in [4.78, 5) is 25.3. The van der Waals surface area contributed by atoms with Crippen molar-refractivity contribution in [1.82, 2.24) is 4.90 Å². The fourth-order valence-corrected chi connectivity index (χ4v) is 2.03. The Morgan fingerprint density at radius 3 is 2.48 bits per heavy atom. The van der Waals surface area contributed by atoms with E-state index >= 15 is 0 Å². The number of allylic oxidation sites excluding steroid dienone is 1. The maximum Gasteiger partial charge on any atom is 0.259 e. The van der Waals surface area contributed by atoms with Crippen molar-refractivity contribution in [1.29, 1.82) is 0 Å². The second-order valence-corrected chi connectivity index (χ2v) is 5.58. The van der Waals surface area contributed by atoms with Crippen LogP contribution in [0.1, 0.15) is 15.9 Å². The maximum absolute atomic E-state index is 12.3. The van der Waals surface area contributed by atoms with Crippen LogP contribution in [0.15, 0.2) is 54.6 Å². The van der Waals surface area contributed by atoms with Crippen molar-refractivity contribution in [3.63, 3.8) is 0 Å². The lowest BCUT2D eigenvalue weighted by atomic mass is 10.1. The lowest BCUT2D eigenvalue weighted by molar-refractivity contribution is -0.130. The fraction of sp³-hybridized carbons (Fsp3) is 0.200. The van der Waals surface area contributed by atoms with E-state index in [9.17, 15) is 9.59 Å². The van der Waals surface area contributed by atoms with E-state index in [0.717, 1.165) is 11.3 Å². The Labute approximate surface area is 147 Å². The zero-order chi connectivity index (χ0) is 18.2. The normalized spacial score (nSPS) is 10.5. The summed E-state index contributed by atoms with van der Waals surface area (Å²) in [6, 6.07) is 14.2. The maximum atomic E-state index is 12.3. The van der Waals surface area contributed by atoms with Gasteiger partial charge in [0.15, 0.2) is 12.4 Å². The number of hydrogen-bond donors (Lipinski definition) is 0. The molecule has 2 rings (SSSR count). The first-order valence-electron chi connectivity index (χ1n) is 7.79. The molecule has 2 aromatic rings. The van der Waals surface area contributed by atoms with Gasteiger partial charge in [-0.1, -0.05) is 30.3 Å². The van der Waals surface area contributed by atoms with E-state index in [2.05, 4.69) is 0 Å². The number of nitrogens with zero attached hydrogens (tertiary/aromatic N) is 1. The van der Waals surface area contributed by atoms with Crippen LogP contribution in [0.25, 0.3) is 6.08 Å². The number of likely N-dealkylation sites (N-methyl/N-ethyl adjacent to an activating group) is 1. The largest absolute Gasteiger partial charge is 0.497 e. The molecule has 0 unspecified atom stereocenters. The molecule has 0 saturated carbocycles. The van der Waals surface area contributed by atoms with Crippen LogP contribution in [0.5, 0.6) is 11.5 Å². The van der Waals surface area contributed by atoms with Gasteiger partial charge in [-0.15, -0.1) is 0 Å². The number of amides is 1. The van der Waals surface area contributed by atoms with Crippen LogP contribution in [0.3, 0.4) is 0 Å². The van der Waals surface area contributed by atoms with Crippen LogP contribution in [-0.2, 0) is 4.79 Å². The van der Waals surface area contributed by atoms with Crippen molar-refractivity contribution >= 4 is 17.8 Å². The number of hydrogen-bond acceptors (Lipinski definition) is 4. The number of carbonyl (C=O) groups excluding carboxylic acids is 2. The van der Waals surface area contributed by atoms with Gasteiger partial charge in [0.2, 0.25) is 0 Å². The Bertz CT molecular complexity index is 781. The molecule has 0 saturated heterocycles.